The molecule has 30 heavy (non-hydrogen) atoms. The summed E-state index contributed by atoms with van der Waals surface area (Å²) in [5.41, 5.74) is -0.105. The summed E-state index contributed by atoms with van der Waals surface area (Å²) in [6, 6.07) is 13.4. The Labute approximate surface area is 171 Å². The van der Waals surface area contributed by atoms with E-state index in [0.29, 0.717) is 5.69 Å². The van der Waals surface area contributed by atoms with E-state index in [0.717, 1.165) is 34.8 Å². The van der Waals surface area contributed by atoms with Crippen molar-refractivity contribution < 1.29 is 27.1 Å². The summed E-state index contributed by atoms with van der Waals surface area (Å²) in [7, 11) is 0.851. The number of rotatable bonds is 4. The summed E-state index contributed by atoms with van der Waals surface area (Å²) in [5, 5.41) is 5.86. The molecule has 0 bridgehead atoms. The molecule has 0 saturated heterocycles. The fourth-order valence-corrected chi connectivity index (χ4v) is 3.68. The number of methoxy groups -OCH3 is 1. The van der Waals surface area contributed by atoms with Crippen molar-refractivity contribution in [2.24, 2.45) is 0 Å². The molecule has 0 aliphatic heterocycles. The second-order valence-electron chi connectivity index (χ2n) is 6.22. The first-order valence-electron chi connectivity index (χ1n) is 8.56. The Bertz CT molecular complexity index is 1260. The Morgan fingerprint density at radius 1 is 0.967 bits per heavy atom. The van der Waals surface area contributed by atoms with Gasteiger partial charge in [0.25, 0.3) is 5.91 Å². The molecule has 1 amide bonds. The number of fused-ring (bicyclic) bond motifs is 1. The number of aromatic nitrogens is 1. The maximum atomic E-state index is 14.1. The van der Waals surface area contributed by atoms with Gasteiger partial charge < -0.3 is 4.74 Å². The maximum absolute atomic E-state index is 14.1. The number of nitrogens with zero attached hydrogens (tertiary/aromatic N) is 1. The molecule has 3 aromatic carbocycles. The third-order valence-electron chi connectivity index (χ3n) is 4.42. The average Bonchev–Trinajstić information content (AvgIpc) is 3.21. The van der Waals surface area contributed by atoms with Crippen molar-refractivity contribution in [3.8, 4) is 17.0 Å². The van der Waals surface area contributed by atoms with Crippen molar-refractivity contribution in [3.05, 3.63) is 76.7 Å². The number of carbonyl (C=O) groups is 1. The molecule has 4 nitrogen and oxygen atoms in total. The largest absolute Gasteiger partial charge is 0.491 e. The summed E-state index contributed by atoms with van der Waals surface area (Å²) in [4.78, 5) is 16.5. The molecule has 0 atom stereocenters. The van der Waals surface area contributed by atoms with Crippen LogP contribution in [0.15, 0.2) is 47.8 Å². The number of nitrogens with one attached hydrogen (secondary N) is 1. The second kappa shape index (κ2) is 7.75. The van der Waals surface area contributed by atoms with Gasteiger partial charge in [-0.2, -0.15) is 8.78 Å². The molecule has 152 valence electrons. The second-order valence-corrected chi connectivity index (χ2v) is 7.08. The topological polar surface area (TPSA) is 51.2 Å². The molecule has 1 N–H and O–H groups in total. The number of carbonyl (C=O) groups excluding carboxylic acids is 1. The fourth-order valence-electron chi connectivity index (χ4n) is 2.96. The molecule has 0 unspecified atom stereocenters. The molecular weight excluding hydrogens is 420 g/mol. The normalized spacial score (nSPS) is 11.0. The van der Waals surface area contributed by atoms with Gasteiger partial charge in [-0.05, 0) is 16.8 Å². The highest BCUT2D eigenvalue weighted by molar-refractivity contribution is 7.14. The third-order valence-corrected chi connectivity index (χ3v) is 5.18. The van der Waals surface area contributed by atoms with Crippen molar-refractivity contribution in [1.82, 2.24) is 4.98 Å². The van der Waals surface area contributed by atoms with E-state index in [1.165, 1.54) is 0 Å². The molecule has 0 aliphatic rings. The van der Waals surface area contributed by atoms with Crippen LogP contribution in [0.4, 0.5) is 22.7 Å². The van der Waals surface area contributed by atoms with Crippen molar-refractivity contribution in [3.63, 3.8) is 0 Å². The smallest absolute Gasteiger partial charge is 0.263 e. The highest BCUT2D eigenvalue weighted by Crippen LogP contribution is 2.31. The van der Waals surface area contributed by atoms with E-state index in [4.69, 9.17) is 0 Å². The first-order chi connectivity index (χ1) is 14.4. The van der Waals surface area contributed by atoms with Crippen LogP contribution in [-0.2, 0) is 0 Å². The zero-order chi connectivity index (χ0) is 21.4. The van der Waals surface area contributed by atoms with Crippen LogP contribution in [0.1, 0.15) is 10.4 Å². The van der Waals surface area contributed by atoms with Gasteiger partial charge in [-0.1, -0.05) is 36.4 Å². The first kappa shape index (κ1) is 19.8. The van der Waals surface area contributed by atoms with Crippen LogP contribution in [0.5, 0.6) is 5.75 Å². The maximum Gasteiger partial charge on any atom is 0.263 e. The van der Waals surface area contributed by atoms with Crippen LogP contribution >= 0.6 is 11.3 Å². The van der Waals surface area contributed by atoms with Crippen LogP contribution in [-0.4, -0.2) is 18.0 Å². The van der Waals surface area contributed by atoms with Crippen LogP contribution < -0.4 is 10.1 Å². The number of halogens is 4. The summed E-state index contributed by atoms with van der Waals surface area (Å²) >= 11 is 1.00. The van der Waals surface area contributed by atoms with Crippen LogP contribution in [0.2, 0.25) is 0 Å². The van der Waals surface area contributed by atoms with Crippen LogP contribution in [0, 0.1) is 23.3 Å². The Morgan fingerprint density at radius 3 is 2.30 bits per heavy atom. The number of benzene rings is 3. The van der Waals surface area contributed by atoms with Crippen molar-refractivity contribution in [2.75, 3.05) is 12.4 Å². The van der Waals surface area contributed by atoms with Gasteiger partial charge in [0.05, 0.1) is 12.8 Å². The number of anilines is 1. The van der Waals surface area contributed by atoms with Gasteiger partial charge in [-0.15, -0.1) is 11.3 Å². The molecule has 1 aromatic heterocycles. The van der Waals surface area contributed by atoms with Gasteiger partial charge in [0.2, 0.25) is 11.6 Å². The van der Waals surface area contributed by atoms with E-state index >= 15 is 0 Å². The summed E-state index contributed by atoms with van der Waals surface area (Å²) in [5.74, 6) is -9.90. The SMILES string of the molecule is COc1c(F)c(F)c(C(=O)Nc2nc(-c3ccc4ccccc4c3)cs2)c(F)c1F. The molecule has 0 spiro atoms. The van der Waals surface area contributed by atoms with E-state index in [1.807, 2.05) is 42.5 Å². The van der Waals surface area contributed by atoms with E-state index in [-0.39, 0.29) is 5.13 Å². The van der Waals surface area contributed by atoms with Gasteiger partial charge in [0.15, 0.2) is 22.5 Å². The quantitative estimate of drug-likeness (QED) is 0.329. The van der Waals surface area contributed by atoms with Crippen LogP contribution in [0.25, 0.3) is 22.0 Å². The molecule has 0 fully saturated rings. The third kappa shape index (κ3) is 3.37. The minimum atomic E-state index is -1.85. The summed E-state index contributed by atoms with van der Waals surface area (Å²) in [6.45, 7) is 0. The predicted molar refractivity (Wildman–Crippen MR) is 106 cm³/mol. The first-order valence-corrected chi connectivity index (χ1v) is 9.44. The fraction of sp³-hybridized carbons (Fsp3) is 0.0476. The Balaban J connectivity index is 1.63. The standard InChI is InChI=1S/C21H12F4N2O2S/c1-29-19-17(24)15(22)14(16(23)18(19)25)20(28)27-21-26-13(9-30-21)12-7-6-10-4-2-3-5-11(10)8-12/h2-9H,1H3,(H,26,27,28). The van der Waals surface area contributed by atoms with Crippen molar-refractivity contribution in [2.45, 2.75) is 0 Å². The lowest BCUT2D eigenvalue weighted by Crippen LogP contribution is -2.18. The number of amides is 1. The molecule has 0 radical (unpaired) electrons. The lowest BCUT2D eigenvalue weighted by molar-refractivity contribution is 0.101. The van der Waals surface area contributed by atoms with E-state index in [9.17, 15) is 22.4 Å². The van der Waals surface area contributed by atoms with Gasteiger partial charge in [-0.25, -0.2) is 13.8 Å². The van der Waals surface area contributed by atoms with E-state index in [2.05, 4.69) is 15.0 Å². The highest BCUT2D eigenvalue weighted by atomic mass is 32.1. The zero-order valence-corrected chi connectivity index (χ0v) is 16.1. The van der Waals surface area contributed by atoms with E-state index < -0.39 is 40.5 Å². The Kier molecular flexibility index (Phi) is 5.13. The minimum absolute atomic E-state index is 0.0126. The van der Waals surface area contributed by atoms with Gasteiger partial charge >= 0.3 is 0 Å². The Morgan fingerprint density at radius 2 is 1.63 bits per heavy atom. The molecule has 9 heteroatoms. The van der Waals surface area contributed by atoms with Gasteiger partial charge in [0.1, 0.15) is 5.56 Å². The lowest BCUT2D eigenvalue weighted by atomic mass is 10.1. The number of ether oxygens (including phenoxy) is 1. The molecule has 0 saturated carbocycles. The summed E-state index contributed by atoms with van der Waals surface area (Å²) in [6.07, 6.45) is 0. The lowest BCUT2D eigenvalue weighted by Gasteiger charge is -2.10. The van der Waals surface area contributed by atoms with Crippen LogP contribution in [0.3, 0.4) is 0 Å². The minimum Gasteiger partial charge on any atom is -0.491 e. The number of hydrogen-bond donors (Lipinski definition) is 1. The van der Waals surface area contributed by atoms with Crippen molar-refractivity contribution in [1.29, 1.82) is 0 Å². The highest BCUT2D eigenvalue weighted by Gasteiger charge is 2.30. The number of thiazole rings is 1. The summed E-state index contributed by atoms with van der Waals surface area (Å²) < 4.78 is 60.3. The molecule has 0 aliphatic carbocycles. The number of hydrogen-bond acceptors (Lipinski definition) is 4. The molecular formula is C21H12F4N2O2S. The van der Waals surface area contributed by atoms with Gasteiger partial charge in [0, 0.05) is 10.9 Å². The monoisotopic (exact) mass is 432 g/mol. The van der Waals surface area contributed by atoms with E-state index in [1.54, 1.807) is 5.38 Å². The molecule has 1 heterocycles. The zero-order valence-electron chi connectivity index (χ0n) is 15.3. The Hall–Kier alpha value is -3.46. The van der Waals surface area contributed by atoms with Gasteiger partial charge in [-0.3, -0.25) is 10.1 Å². The molecule has 4 rings (SSSR count). The average molecular weight is 432 g/mol. The predicted octanol–water partition coefficient (Wildman–Crippen LogP) is 5.78. The van der Waals surface area contributed by atoms with Crippen molar-refractivity contribution >= 4 is 33.1 Å². The molecule has 4 aromatic rings.